The van der Waals surface area contributed by atoms with Crippen LogP contribution in [0.15, 0.2) is 212 Å². The molecule has 5 heteroatoms. The van der Waals surface area contributed by atoms with Crippen LogP contribution in [0.5, 0.6) is 0 Å². The van der Waals surface area contributed by atoms with E-state index in [0.717, 1.165) is 61.3 Å². The summed E-state index contributed by atoms with van der Waals surface area (Å²) in [4.78, 5) is 15.8. The first-order valence-electron chi connectivity index (χ1n) is 22.3. The van der Waals surface area contributed by atoms with E-state index in [9.17, 15) is 0 Å². The summed E-state index contributed by atoms with van der Waals surface area (Å²) in [6.45, 7) is 4.73. The number of aromatic nitrogens is 5. The van der Waals surface area contributed by atoms with Gasteiger partial charge in [-0.25, -0.2) is 15.0 Å². The molecule has 1 aliphatic carbocycles. The van der Waals surface area contributed by atoms with Gasteiger partial charge < -0.3 is 9.13 Å². The van der Waals surface area contributed by atoms with Gasteiger partial charge in [-0.05, 0) is 70.3 Å². The lowest BCUT2D eigenvalue weighted by Gasteiger charge is -2.24. The van der Waals surface area contributed by atoms with Gasteiger partial charge in [0.15, 0.2) is 17.5 Å². The average Bonchev–Trinajstić information content (AvgIpc) is 3.97. The molecule has 0 saturated carbocycles. The van der Waals surface area contributed by atoms with E-state index < -0.39 is 0 Å². The third-order valence-corrected chi connectivity index (χ3v) is 13.6. The Morgan fingerprint density at radius 2 is 0.708 bits per heavy atom. The minimum absolute atomic E-state index is 0.200. The largest absolute Gasteiger partial charge is 0.309 e. The lowest BCUT2D eigenvalue weighted by atomic mass is 9.81. The molecule has 0 N–H and O–H groups in total. The first kappa shape index (κ1) is 37.2. The van der Waals surface area contributed by atoms with Crippen LogP contribution >= 0.6 is 0 Å². The molecule has 0 spiro atoms. The third kappa shape index (κ3) is 5.68. The monoisotopic (exact) mass is 831 g/mol. The van der Waals surface area contributed by atoms with E-state index in [0.29, 0.717) is 17.5 Å². The summed E-state index contributed by atoms with van der Waals surface area (Å²) in [6.07, 6.45) is 0. The number of nitrogens with zero attached hydrogens (tertiary/aromatic N) is 5. The van der Waals surface area contributed by atoms with Gasteiger partial charge in [-0.3, -0.25) is 0 Å². The minimum atomic E-state index is -0.200. The zero-order valence-electron chi connectivity index (χ0n) is 35.9. The molecule has 306 valence electrons. The van der Waals surface area contributed by atoms with Crippen molar-refractivity contribution in [1.82, 2.24) is 24.1 Å². The number of hydrogen-bond acceptors (Lipinski definition) is 3. The zero-order chi connectivity index (χ0) is 43.2. The van der Waals surface area contributed by atoms with Gasteiger partial charge in [-0.15, -0.1) is 0 Å². The van der Waals surface area contributed by atoms with E-state index in [1.807, 2.05) is 36.4 Å². The second-order valence-corrected chi connectivity index (χ2v) is 17.6. The van der Waals surface area contributed by atoms with Crippen molar-refractivity contribution in [1.29, 1.82) is 0 Å². The van der Waals surface area contributed by atoms with Gasteiger partial charge >= 0.3 is 0 Å². The van der Waals surface area contributed by atoms with E-state index in [1.54, 1.807) is 0 Å². The fourth-order valence-electron chi connectivity index (χ4n) is 10.6. The lowest BCUT2D eigenvalue weighted by molar-refractivity contribution is 0.660. The Hall–Kier alpha value is -8.41. The van der Waals surface area contributed by atoms with Crippen molar-refractivity contribution in [3.63, 3.8) is 0 Å². The molecule has 0 fully saturated rings. The van der Waals surface area contributed by atoms with Crippen LogP contribution in [0.25, 0.3) is 111 Å². The van der Waals surface area contributed by atoms with Crippen LogP contribution < -0.4 is 0 Å². The highest BCUT2D eigenvalue weighted by Gasteiger charge is 2.36. The summed E-state index contributed by atoms with van der Waals surface area (Å²) >= 11 is 0. The van der Waals surface area contributed by atoms with Gasteiger partial charge in [0.2, 0.25) is 0 Å². The maximum absolute atomic E-state index is 5.34. The smallest absolute Gasteiger partial charge is 0.164 e. The van der Waals surface area contributed by atoms with E-state index in [2.05, 4.69) is 199 Å². The summed E-state index contributed by atoms with van der Waals surface area (Å²) in [5, 5.41) is 4.78. The molecule has 9 aromatic carbocycles. The van der Waals surface area contributed by atoms with Crippen molar-refractivity contribution in [2.24, 2.45) is 0 Å². The molecular weight excluding hydrogens is 791 g/mol. The third-order valence-electron chi connectivity index (χ3n) is 13.6. The lowest BCUT2D eigenvalue weighted by Crippen LogP contribution is -2.15. The van der Waals surface area contributed by atoms with Crippen molar-refractivity contribution in [3.8, 4) is 67.8 Å². The van der Waals surface area contributed by atoms with Crippen LogP contribution in [0.2, 0.25) is 0 Å². The fraction of sp³-hybridized carbons (Fsp3) is 0.0500. The predicted octanol–water partition coefficient (Wildman–Crippen LogP) is 15.0. The van der Waals surface area contributed by atoms with Crippen molar-refractivity contribution in [2.45, 2.75) is 19.3 Å². The van der Waals surface area contributed by atoms with Gasteiger partial charge in [0.25, 0.3) is 0 Å². The maximum atomic E-state index is 5.34. The number of fused-ring (bicyclic) bond motifs is 9. The summed E-state index contributed by atoms with van der Waals surface area (Å²) in [6, 6.07) is 76.2. The molecule has 0 saturated heterocycles. The first-order valence-corrected chi connectivity index (χ1v) is 22.3. The molecule has 12 aromatic rings. The highest BCUT2D eigenvalue weighted by atomic mass is 15.1. The van der Waals surface area contributed by atoms with E-state index in [1.165, 1.54) is 43.8 Å². The van der Waals surface area contributed by atoms with Crippen molar-refractivity contribution >= 4 is 43.6 Å². The zero-order valence-corrected chi connectivity index (χ0v) is 35.9. The topological polar surface area (TPSA) is 48.5 Å². The van der Waals surface area contributed by atoms with Crippen LogP contribution in [-0.4, -0.2) is 24.1 Å². The molecule has 0 unspecified atom stereocenters. The summed E-state index contributed by atoms with van der Waals surface area (Å²) in [7, 11) is 0. The highest BCUT2D eigenvalue weighted by Crippen LogP contribution is 2.51. The van der Waals surface area contributed by atoms with E-state index in [-0.39, 0.29) is 5.41 Å². The Morgan fingerprint density at radius 1 is 0.323 bits per heavy atom. The molecule has 13 rings (SSSR count). The van der Waals surface area contributed by atoms with Crippen LogP contribution in [0.1, 0.15) is 25.0 Å². The van der Waals surface area contributed by atoms with Crippen molar-refractivity contribution in [2.75, 3.05) is 0 Å². The normalized spacial score (nSPS) is 12.9. The standard InChI is InChI=1S/C60H41N5/c1-60(2)48-28-14-9-23-42(48)43-34-33-40(35-49(43)60)56-54(64-50-29-15-10-24-44(50)45-25-11-16-30-51(45)64)36-41(37-55(56)65-52-31-17-12-26-46(52)47-27-13-18-32-53(47)65)59-62-57(38-19-5-3-6-20-38)61-58(63-59)39-21-7-4-8-22-39/h3-37H,1-2H3. The molecule has 0 aliphatic heterocycles. The Kier molecular flexibility index (Phi) is 8.18. The van der Waals surface area contributed by atoms with Crippen LogP contribution in [0.3, 0.4) is 0 Å². The van der Waals surface area contributed by atoms with Gasteiger partial charge in [-0.1, -0.05) is 184 Å². The second kappa shape index (κ2) is 14.3. The van der Waals surface area contributed by atoms with Gasteiger partial charge in [0.1, 0.15) is 0 Å². The van der Waals surface area contributed by atoms with Crippen molar-refractivity contribution < 1.29 is 0 Å². The fourth-order valence-corrected chi connectivity index (χ4v) is 10.6. The van der Waals surface area contributed by atoms with Crippen LogP contribution in [0.4, 0.5) is 0 Å². The molecule has 3 aromatic heterocycles. The summed E-state index contributed by atoms with van der Waals surface area (Å²) in [5.74, 6) is 1.84. The van der Waals surface area contributed by atoms with E-state index >= 15 is 0 Å². The molecule has 0 bridgehead atoms. The predicted molar refractivity (Wildman–Crippen MR) is 268 cm³/mol. The number of rotatable bonds is 6. The Morgan fingerprint density at radius 3 is 1.18 bits per heavy atom. The molecule has 3 heterocycles. The molecule has 0 radical (unpaired) electrons. The van der Waals surface area contributed by atoms with Crippen molar-refractivity contribution in [3.05, 3.63) is 223 Å². The Bertz CT molecular complexity index is 3560. The number of hydrogen-bond donors (Lipinski definition) is 0. The molecule has 0 amide bonds. The van der Waals surface area contributed by atoms with Gasteiger partial charge in [0.05, 0.1) is 33.4 Å². The number of para-hydroxylation sites is 4. The van der Waals surface area contributed by atoms with Crippen LogP contribution in [0, 0.1) is 0 Å². The summed E-state index contributed by atoms with van der Waals surface area (Å²) < 4.78 is 4.93. The average molecular weight is 832 g/mol. The molecule has 65 heavy (non-hydrogen) atoms. The maximum Gasteiger partial charge on any atom is 0.164 e. The van der Waals surface area contributed by atoms with Gasteiger partial charge in [-0.2, -0.15) is 0 Å². The summed E-state index contributed by atoms with van der Waals surface area (Å²) in [5.41, 5.74) is 16.6. The molecule has 5 nitrogen and oxygen atoms in total. The Labute approximate surface area is 376 Å². The van der Waals surface area contributed by atoms with Crippen LogP contribution in [-0.2, 0) is 5.41 Å². The number of benzene rings is 9. The SMILES string of the molecule is CC1(C)c2ccccc2-c2ccc(-c3c(-n4c5ccccc5c5ccccc54)cc(-c4nc(-c5ccccc5)nc(-c5ccccc5)n4)cc3-n3c4ccccc4c4ccccc43)cc21. The van der Waals surface area contributed by atoms with E-state index in [4.69, 9.17) is 15.0 Å². The molecule has 0 atom stereocenters. The minimum Gasteiger partial charge on any atom is -0.309 e. The quantitative estimate of drug-likeness (QED) is 0.168. The van der Waals surface area contributed by atoms with Gasteiger partial charge in [0, 0.05) is 49.2 Å². The second-order valence-electron chi connectivity index (χ2n) is 17.6. The Balaban J connectivity index is 1.21. The molecule has 1 aliphatic rings. The molecular formula is C60H41N5. The first-order chi connectivity index (χ1) is 32.0. The highest BCUT2D eigenvalue weighted by molar-refractivity contribution is 6.12.